The maximum absolute atomic E-state index is 11.4. The predicted octanol–water partition coefficient (Wildman–Crippen LogP) is 1.37. The molecular formula is C12H23NO4. The van der Waals surface area contributed by atoms with Gasteiger partial charge in [-0.2, -0.15) is 0 Å². The zero-order valence-electron chi connectivity index (χ0n) is 11.2. The fraction of sp³-hybridized carbons (Fsp3) is 0.833. The minimum Gasteiger partial charge on any atom is -0.481 e. The Morgan fingerprint density at radius 1 is 1.29 bits per heavy atom. The number of nitrogens with zero attached hydrogens (tertiary/aromatic N) is 1. The van der Waals surface area contributed by atoms with Crippen LogP contribution in [0.1, 0.15) is 34.1 Å². The van der Waals surface area contributed by atoms with E-state index in [2.05, 4.69) is 0 Å². The Hall–Kier alpha value is -1.10. The van der Waals surface area contributed by atoms with Gasteiger partial charge in [-0.3, -0.25) is 14.5 Å². The molecule has 0 amide bonds. The van der Waals surface area contributed by atoms with Crippen LogP contribution in [0.25, 0.3) is 0 Å². The van der Waals surface area contributed by atoms with Gasteiger partial charge in [0.1, 0.15) is 0 Å². The van der Waals surface area contributed by atoms with E-state index in [1.54, 1.807) is 20.8 Å². The van der Waals surface area contributed by atoms with Crippen molar-refractivity contribution in [2.45, 2.75) is 34.1 Å². The molecule has 0 aromatic carbocycles. The zero-order valence-corrected chi connectivity index (χ0v) is 11.2. The summed E-state index contributed by atoms with van der Waals surface area (Å²) in [6.45, 7) is 8.59. The molecule has 100 valence electrons. The van der Waals surface area contributed by atoms with Crippen molar-refractivity contribution < 1.29 is 19.4 Å². The summed E-state index contributed by atoms with van der Waals surface area (Å²) >= 11 is 0. The molecule has 17 heavy (non-hydrogen) atoms. The second kappa shape index (κ2) is 7.27. The highest BCUT2D eigenvalue weighted by atomic mass is 16.5. The van der Waals surface area contributed by atoms with Gasteiger partial charge in [-0.1, -0.05) is 6.92 Å². The molecule has 0 heterocycles. The first-order valence-electron chi connectivity index (χ1n) is 5.94. The van der Waals surface area contributed by atoms with Crippen molar-refractivity contribution in [2.75, 3.05) is 26.2 Å². The number of carbonyl (C=O) groups is 2. The number of hydrogen-bond donors (Lipinski definition) is 1. The number of ether oxygens (including phenoxy) is 1. The molecule has 0 aliphatic heterocycles. The maximum Gasteiger partial charge on any atom is 0.320 e. The Labute approximate surface area is 103 Å². The smallest absolute Gasteiger partial charge is 0.320 e. The Kier molecular flexibility index (Phi) is 6.80. The predicted molar refractivity (Wildman–Crippen MR) is 64.8 cm³/mol. The third kappa shape index (κ3) is 6.26. The monoisotopic (exact) mass is 245 g/mol. The van der Waals surface area contributed by atoms with Crippen LogP contribution in [-0.4, -0.2) is 48.2 Å². The Morgan fingerprint density at radius 3 is 2.29 bits per heavy atom. The molecular weight excluding hydrogens is 222 g/mol. The number of carbonyl (C=O) groups excluding carboxylic acids is 1. The summed E-state index contributed by atoms with van der Waals surface area (Å²) in [7, 11) is 0. The van der Waals surface area contributed by atoms with Gasteiger partial charge in [-0.05, 0) is 33.7 Å². The van der Waals surface area contributed by atoms with Crippen molar-refractivity contribution >= 4 is 11.9 Å². The largest absolute Gasteiger partial charge is 0.481 e. The van der Waals surface area contributed by atoms with Crippen LogP contribution in [0.15, 0.2) is 0 Å². The summed E-state index contributed by atoms with van der Waals surface area (Å²) in [6, 6.07) is 0. The van der Waals surface area contributed by atoms with E-state index in [0.717, 1.165) is 6.42 Å². The fourth-order valence-electron chi connectivity index (χ4n) is 1.55. The second-order valence-electron chi connectivity index (χ2n) is 4.70. The van der Waals surface area contributed by atoms with E-state index in [1.165, 1.54) is 0 Å². The molecule has 0 bridgehead atoms. The van der Waals surface area contributed by atoms with Crippen LogP contribution >= 0.6 is 0 Å². The third-order valence-electron chi connectivity index (χ3n) is 2.40. The lowest BCUT2D eigenvalue weighted by Gasteiger charge is -2.28. The molecule has 0 aromatic heterocycles. The number of carboxylic acids is 1. The molecule has 5 nitrogen and oxygen atoms in total. The minimum atomic E-state index is -0.859. The number of esters is 1. The van der Waals surface area contributed by atoms with Crippen LogP contribution in [0.2, 0.25) is 0 Å². The SMILES string of the molecule is CCCN(CC(=O)OCC)CC(C)(C)C(=O)O. The number of hydrogen-bond acceptors (Lipinski definition) is 4. The first-order chi connectivity index (χ1) is 7.83. The van der Waals surface area contributed by atoms with E-state index in [0.29, 0.717) is 19.7 Å². The number of carboxylic acid groups (broad SMARTS) is 1. The fourth-order valence-corrected chi connectivity index (χ4v) is 1.55. The molecule has 0 rings (SSSR count). The van der Waals surface area contributed by atoms with E-state index in [9.17, 15) is 9.59 Å². The summed E-state index contributed by atoms with van der Waals surface area (Å²) < 4.78 is 4.87. The molecule has 5 heteroatoms. The Bertz CT molecular complexity index is 263. The van der Waals surface area contributed by atoms with Crippen molar-refractivity contribution in [1.82, 2.24) is 4.90 Å². The zero-order chi connectivity index (χ0) is 13.5. The van der Waals surface area contributed by atoms with Gasteiger partial charge in [0.15, 0.2) is 0 Å². The van der Waals surface area contributed by atoms with Crippen LogP contribution < -0.4 is 0 Å². The average molecular weight is 245 g/mol. The van der Waals surface area contributed by atoms with E-state index < -0.39 is 11.4 Å². The van der Waals surface area contributed by atoms with Crippen molar-refractivity contribution in [3.63, 3.8) is 0 Å². The molecule has 0 saturated heterocycles. The Balaban J connectivity index is 4.42. The highest BCUT2D eigenvalue weighted by Crippen LogP contribution is 2.17. The quantitative estimate of drug-likeness (QED) is 0.654. The van der Waals surface area contributed by atoms with Gasteiger partial charge in [0.05, 0.1) is 18.6 Å². The summed E-state index contributed by atoms with van der Waals surface area (Å²) in [6.07, 6.45) is 0.870. The van der Waals surface area contributed by atoms with Gasteiger partial charge in [-0.25, -0.2) is 0 Å². The highest BCUT2D eigenvalue weighted by Gasteiger charge is 2.30. The van der Waals surface area contributed by atoms with E-state index in [4.69, 9.17) is 9.84 Å². The maximum atomic E-state index is 11.4. The molecule has 0 aliphatic rings. The van der Waals surface area contributed by atoms with Crippen molar-refractivity contribution in [3.05, 3.63) is 0 Å². The number of aliphatic carboxylic acids is 1. The second-order valence-corrected chi connectivity index (χ2v) is 4.70. The van der Waals surface area contributed by atoms with E-state index >= 15 is 0 Å². The van der Waals surface area contributed by atoms with Gasteiger partial charge in [0, 0.05) is 6.54 Å². The van der Waals surface area contributed by atoms with E-state index in [-0.39, 0.29) is 12.5 Å². The van der Waals surface area contributed by atoms with Crippen LogP contribution in [0.5, 0.6) is 0 Å². The molecule has 0 fully saturated rings. The summed E-state index contributed by atoms with van der Waals surface area (Å²) in [5.74, 6) is -1.16. The normalized spacial score (nSPS) is 11.6. The summed E-state index contributed by atoms with van der Waals surface area (Å²) in [5.41, 5.74) is -0.859. The molecule has 0 radical (unpaired) electrons. The van der Waals surface area contributed by atoms with Gasteiger partial charge >= 0.3 is 11.9 Å². The average Bonchev–Trinajstić information content (AvgIpc) is 2.17. The van der Waals surface area contributed by atoms with Gasteiger partial charge in [0.2, 0.25) is 0 Å². The Morgan fingerprint density at radius 2 is 1.88 bits per heavy atom. The minimum absolute atomic E-state index is 0.151. The first kappa shape index (κ1) is 15.9. The van der Waals surface area contributed by atoms with Crippen molar-refractivity contribution in [2.24, 2.45) is 5.41 Å². The summed E-state index contributed by atoms with van der Waals surface area (Å²) in [4.78, 5) is 24.2. The van der Waals surface area contributed by atoms with Gasteiger partial charge in [-0.15, -0.1) is 0 Å². The molecule has 0 saturated carbocycles. The topological polar surface area (TPSA) is 66.8 Å². The first-order valence-corrected chi connectivity index (χ1v) is 5.94. The lowest BCUT2D eigenvalue weighted by molar-refractivity contribution is -0.151. The lowest BCUT2D eigenvalue weighted by atomic mass is 9.93. The lowest BCUT2D eigenvalue weighted by Crippen LogP contribution is -2.42. The molecule has 1 N–H and O–H groups in total. The van der Waals surface area contributed by atoms with Crippen LogP contribution in [-0.2, 0) is 14.3 Å². The highest BCUT2D eigenvalue weighted by molar-refractivity contribution is 5.74. The van der Waals surface area contributed by atoms with Crippen molar-refractivity contribution in [1.29, 1.82) is 0 Å². The van der Waals surface area contributed by atoms with Crippen LogP contribution in [0.3, 0.4) is 0 Å². The van der Waals surface area contributed by atoms with Crippen LogP contribution in [0, 0.1) is 5.41 Å². The molecule has 0 aliphatic carbocycles. The third-order valence-corrected chi connectivity index (χ3v) is 2.40. The van der Waals surface area contributed by atoms with Gasteiger partial charge < -0.3 is 9.84 Å². The van der Waals surface area contributed by atoms with E-state index in [1.807, 2.05) is 11.8 Å². The number of rotatable bonds is 8. The summed E-state index contributed by atoms with van der Waals surface area (Å²) in [5, 5.41) is 9.05. The molecule has 0 atom stereocenters. The molecule has 0 spiro atoms. The molecule has 0 aromatic rings. The standard InChI is InChI=1S/C12H23NO4/c1-5-7-13(8-10(14)17-6-2)9-12(3,4)11(15)16/h5-9H2,1-4H3,(H,15,16). The molecule has 0 unspecified atom stereocenters. The van der Waals surface area contributed by atoms with Crippen molar-refractivity contribution in [3.8, 4) is 0 Å². The van der Waals surface area contributed by atoms with Crippen LogP contribution in [0.4, 0.5) is 0 Å². The van der Waals surface area contributed by atoms with Gasteiger partial charge in [0.25, 0.3) is 0 Å².